The second-order valence-electron chi connectivity index (χ2n) is 6.94. The molecule has 2 aromatic rings. The van der Waals surface area contributed by atoms with Crippen molar-refractivity contribution in [3.8, 4) is 5.75 Å². The molecule has 1 saturated heterocycles. The minimum atomic E-state index is -0.133. The molecule has 0 radical (unpaired) electrons. The number of carbonyl (C=O) groups excluding carboxylic acids is 2. The van der Waals surface area contributed by atoms with Gasteiger partial charge in [-0.15, -0.1) is 11.3 Å². The minimum Gasteiger partial charge on any atom is -0.491 e. The van der Waals surface area contributed by atoms with Gasteiger partial charge in [-0.2, -0.15) is 0 Å². The third-order valence-electron chi connectivity index (χ3n) is 4.94. The molecule has 2 amide bonds. The van der Waals surface area contributed by atoms with Crippen LogP contribution in [0.4, 0.5) is 0 Å². The summed E-state index contributed by atoms with van der Waals surface area (Å²) in [5.74, 6) is 0.843. The number of likely N-dealkylation sites (N-methyl/N-ethyl adjacent to an activating group) is 1. The van der Waals surface area contributed by atoms with Crippen LogP contribution in [0.3, 0.4) is 0 Å². The van der Waals surface area contributed by atoms with Gasteiger partial charge in [-0.1, -0.05) is 24.3 Å². The number of hydrogen-bond acceptors (Lipinski definition) is 4. The van der Waals surface area contributed by atoms with E-state index in [0.717, 1.165) is 35.6 Å². The second kappa shape index (κ2) is 9.04. The first-order chi connectivity index (χ1) is 13.1. The Hall–Kier alpha value is -2.34. The summed E-state index contributed by atoms with van der Waals surface area (Å²) in [5.41, 5.74) is 1.08. The zero-order valence-electron chi connectivity index (χ0n) is 15.9. The van der Waals surface area contributed by atoms with E-state index in [-0.39, 0.29) is 17.7 Å². The van der Waals surface area contributed by atoms with Crippen LogP contribution in [0, 0.1) is 12.8 Å². The van der Waals surface area contributed by atoms with E-state index in [9.17, 15) is 9.59 Å². The largest absolute Gasteiger partial charge is 0.491 e. The first-order valence-corrected chi connectivity index (χ1v) is 10.2. The molecule has 27 heavy (non-hydrogen) atoms. The van der Waals surface area contributed by atoms with Crippen LogP contribution in [0.1, 0.15) is 28.1 Å². The normalized spacial score (nSPS) is 16.8. The van der Waals surface area contributed by atoms with E-state index in [1.54, 1.807) is 4.90 Å². The van der Waals surface area contributed by atoms with Crippen LogP contribution in [0.25, 0.3) is 0 Å². The van der Waals surface area contributed by atoms with E-state index in [0.29, 0.717) is 19.7 Å². The third kappa shape index (κ3) is 4.89. The van der Waals surface area contributed by atoms with Crippen molar-refractivity contribution >= 4 is 23.2 Å². The molecule has 6 heteroatoms. The molecule has 0 spiro atoms. The van der Waals surface area contributed by atoms with E-state index in [1.165, 1.54) is 11.3 Å². The van der Waals surface area contributed by atoms with Crippen molar-refractivity contribution in [1.29, 1.82) is 0 Å². The maximum absolute atomic E-state index is 12.8. The molecule has 0 N–H and O–H groups in total. The fourth-order valence-electron chi connectivity index (χ4n) is 3.35. The number of ether oxygens (including phenoxy) is 1. The summed E-state index contributed by atoms with van der Waals surface area (Å²) >= 11 is 1.45. The quantitative estimate of drug-likeness (QED) is 0.764. The third-order valence-corrected chi connectivity index (χ3v) is 5.80. The highest BCUT2D eigenvalue weighted by Gasteiger charge is 2.30. The van der Waals surface area contributed by atoms with Crippen molar-refractivity contribution in [2.24, 2.45) is 5.92 Å². The fourth-order valence-corrected chi connectivity index (χ4v) is 4.04. The van der Waals surface area contributed by atoms with Crippen LogP contribution < -0.4 is 4.74 Å². The summed E-state index contributed by atoms with van der Waals surface area (Å²) in [6.07, 6.45) is 1.69. The van der Waals surface area contributed by atoms with Gasteiger partial charge in [0.1, 0.15) is 12.4 Å². The van der Waals surface area contributed by atoms with E-state index in [1.807, 2.05) is 60.6 Å². The lowest BCUT2D eigenvalue weighted by Crippen LogP contribution is -2.46. The van der Waals surface area contributed by atoms with Crippen LogP contribution in [-0.2, 0) is 4.79 Å². The smallest absolute Gasteiger partial charge is 0.263 e. The van der Waals surface area contributed by atoms with Crippen molar-refractivity contribution in [1.82, 2.24) is 9.80 Å². The predicted octanol–water partition coefficient (Wildman–Crippen LogP) is 3.45. The second-order valence-corrected chi connectivity index (χ2v) is 7.89. The Morgan fingerprint density at radius 3 is 2.81 bits per heavy atom. The lowest BCUT2D eigenvalue weighted by Gasteiger charge is -2.33. The van der Waals surface area contributed by atoms with Gasteiger partial charge in [0, 0.05) is 20.1 Å². The zero-order valence-corrected chi connectivity index (χ0v) is 16.7. The molecule has 1 aliphatic rings. The van der Waals surface area contributed by atoms with Crippen LogP contribution in [0.15, 0.2) is 41.8 Å². The Labute approximate surface area is 164 Å². The number of amides is 2. The number of likely N-dealkylation sites (tertiary alicyclic amines) is 1. The van der Waals surface area contributed by atoms with Crippen LogP contribution in [0.2, 0.25) is 0 Å². The number of para-hydroxylation sites is 1. The van der Waals surface area contributed by atoms with Gasteiger partial charge in [-0.05, 0) is 42.8 Å². The molecule has 2 heterocycles. The van der Waals surface area contributed by atoms with Gasteiger partial charge in [0.05, 0.1) is 17.3 Å². The molecular weight excluding hydrogens is 360 g/mol. The molecule has 0 aliphatic carbocycles. The van der Waals surface area contributed by atoms with Gasteiger partial charge in [0.2, 0.25) is 5.91 Å². The lowest BCUT2D eigenvalue weighted by atomic mass is 9.96. The number of aryl methyl sites for hydroxylation is 1. The first-order valence-electron chi connectivity index (χ1n) is 9.32. The number of benzene rings is 1. The molecule has 144 valence electrons. The molecule has 1 aromatic heterocycles. The maximum Gasteiger partial charge on any atom is 0.263 e. The molecule has 0 saturated carbocycles. The molecular formula is C21H26N2O3S. The topological polar surface area (TPSA) is 49.9 Å². The minimum absolute atomic E-state index is 0.0352. The number of rotatable bonds is 6. The molecule has 0 bridgehead atoms. The Morgan fingerprint density at radius 1 is 1.26 bits per heavy atom. The highest BCUT2D eigenvalue weighted by atomic mass is 32.1. The average Bonchev–Trinajstić information content (AvgIpc) is 3.23. The Kier molecular flexibility index (Phi) is 6.50. The number of thiophene rings is 1. The fraction of sp³-hybridized carbons (Fsp3) is 0.429. The van der Waals surface area contributed by atoms with E-state index in [2.05, 4.69) is 0 Å². The van der Waals surface area contributed by atoms with Gasteiger partial charge in [0.15, 0.2) is 0 Å². The van der Waals surface area contributed by atoms with Crippen molar-refractivity contribution in [2.75, 3.05) is 33.3 Å². The monoisotopic (exact) mass is 386 g/mol. The molecule has 1 aliphatic heterocycles. The first kappa shape index (κ1) is 19.4. The number of hydrogen-bond donors (Lipinski definition) is 0. The number of nitrogens with zero attached hydrogens (tertiary/aromatic N) is 2. The summed E-state index contributed by atoms with van der Waals surface area (Å²) in [5, 5.41) is 1.90. The number of carbonyl (C=O) groups is 2. The Balaban J connectivity index is 1.50. The van der Waals surface area contributed by atoms with Crippen LogP contribution in [0.5, 0.6) is 5.75 Å². The van der Waals surface area contributed by atoms with E-state index < -0.39 is 0 Å². The van der Waals surface area contributed by atoms with Crippen molar-refractivity contribution in [3.05, 3.63) is 52.2 Å². The maximum atomic E-state index is 12.8. The van der Waals surface area contributed by atoms with Crippen molar-refractivity contribution in [3.63, 3.8) is 0 Å². The lowest BCUT2D eigenvalue weighted by molar-refractivity contribution is -0.135. The highest BCUT2D eigenvalue weighted by Crippen LogP contribution is 2.22. The SMILES string of the molecule is Cc1ccccc1OCCN(C)C(=O)[C@H]1CCCN(C(=O)c2cccs2)C1. The molecule has 3 rings (SSSR count). The Bertz CT molecular complexity index is 775. The average molecular weight is 387 g/mol. The van der Waals surface area contributed by atoms with E-state index >= 15 is 0 Å². The van der Waals surface area contributed by atoms with Gasteiger partial charge in [-0.25, -0.2) is 0 Å². The van der Waals surface area contributed by atoms with Crippen LogP contribution >= 0.6 is 11.3 Å². The summed E-state index contributed by atoms with van der Waals surface area (Å²) in [6.45, 7) is 4.21. The highest BCUT2D eigenvalue weighted by molar-refractivity contribution is 7.12. The molecule has 1 fully saturated rings. The van der Waals surface area contributed by atoms with Gasteiger partial charge in [0.25, 0.3) is 5.91 Å². The summed E-state index contributed by atoms with van der Waals surface area (Å²) in [4.78, 5) is 29.6. The summed E-state index contributed by atoms with van der Waals surface area (Å²) in [7, 11) is 1.81. The number of piperidine rings is 1. The van der Waals surface area contributed by atoms with Gasteiger partial charge < -0.3 is 14.5 Å². The summed E-state index contributed by atoms with van der Waals surface area (Å²) in [6, 6.07) is 11.6. The molecule has 0 unspecified atom stereocenters. The standard InChI is InChI=1S/C21H26N2O3S/c1-16-7-3-4-9-18(16)26-13-12-22(2)20(24)17-8-5-11-23(15-17)21(25)19-10-6-14-27-19/h3-4,6-7,9-10,14,17H,5,8,11-13,15H2,1-2H3/t17-/m0/s1. The molecule has 1 aromatic carbocycles. The molecule has 5 nitrogen and oxygen atoms in total. The van der Waals surface area contributed by atoms with Crippen LogP contribution in [-0.4, -0.2) is 54.9 Å². The summed E-state index contributed by atoms with van der Waals surface area (Å²) < 4.78 is 5.80. The zero-order chi connectivity index (χ0) is 19.2. The van der Waals surface area contributed by atoms with Gasteiger partial charge >= 0.3 is 0 Å². The van der Waals surface area contributed by atoms with Crippen molar-refractivity contribution in [2.45, 2.75) is 19.8 Å². The predicted molar refractivity (Wildman–Crippen MR) is 107 cm³/mol. The van der Waals surface area contributed by atoms with Crippen molar-refractivity contribution < 1.29 is 14.3 Å². The van der Waals surface area contributed by atoms with Gasteiger partial charge in [-0.3, -0.25) is 9.59 Å². The molecule has 1 atom stereocenters. The van der Waals surface area contributed by atoms with E-state index in [4.69, 9.17) is 4.74 Å². The Morgan fingerprint density at radius 2 is 2.07 bits per heavy atom.